The van der Waals surface area contributed by atoms with Gasteiger partial charge in [0.25, 0.3) is 5.91 Å². The van der Waals surface area contributed by atoms with E-state index in [0.717, 1.165) is 21.2 Å². The summed E-state index contributed by atoms with van der Waals surface area (Å²) < 4.78 is 20.8. The van der Waals surface area contributed by atoms with E-state index >= 15 is 0 Å². The predicted molar refractivity (Wildman–Crippen MR) is 198 cm³/mol. The third-order valence-electron chi connectivity index (χ3n) is 7.69. The number of benzene rings is 4. The van der Waals surface area contributed by atoms with E-state index in [0.29, 0.717) is 75.9 Å². The van der Waals surface area contributed by atoms with E-state index in [1.165, 1.54) is 11.8 Å². The van der Waals surface area contributed by atoms with Gasteiger partial charge in [-0.1, -0.05) is 87.8 Å². The lowest BCUT2D eigenvalue weighted by atomic mass is 9.94. The van der Waals surface area contributed by atoms with Crippen LogP contribution in [-0.4, -0.2) is 33.9 Å². The number of ether oxygens (including phenoxy) is 3. The molecule has 12 heteroatoms. The zero-order valence-electron chi connectivity index (χ0n) is 27.2. The number of carbonyl (C=O) groups is 1. The average Bonchev–Trinajstić information content (AvgIpc) is 3.50. The number of para-hydroxylation sites is 2. The maximum Gasteiger partial charge on any atom is 0.255 e. The molecule has 5 aromatic rings. The summed E-state index contributed by atoms with van der Waals surface area (Å²) in [5, 5.41) is 12.5. The van der Waals surface area contributed by atoms with Crippen LogP contribution in [0.25, 0.3) is 0 Å². The molecular weight excluding hydrogens is 726 g/mol. The molecule has 49 heavy (non-hydrogen) atoms. The molecule has 1 atom stereocenters. The quantitative estimate of drug-likeness (QED) is 0.115. The highest BCUT2D eigenvalue weighted by Gasteiger charge is 2.35. The Bertz CT molecular complexity index is 2000. The molecule has 1 amide bonds. The van der Waals surface area contributed by atoms with Crippen molar-refractivity contribution in [2.75, 3.05) is 23.8 Å². The Kier molecular flexibility index (Phi) is 11.1. The number of halogens is 2. The second-order valence-electron chi connectivity index (χ2n) is 11.0. The molecule has 0 saturated heterocycles. The van der Waals surface area contributed by atoms with Gasteiger partial charge in [-0.15, -0.1) is 5.10 Å². The molecule has 0 spiro atoms. The van der Waals surface area contributed by atoms with Gasteiger partial charge in [0.1, 0.15) is 18.4 Å². The molecule has 6 rings (SSSR count). The topological polar surface area (TPSA) is 99.5 Å². The van der Waals surface area contributed by atoms with Crippen molar-refractivity contribution in [3.8, 4) is 17.2 Å². The van der Waals surface area contributed by atoms with Crippen LogP contribution in [0, 0.1) is 0 Å². The number of rotatable bonds is 13. The normalized spacial score (nSPS) is 13.8. The van der Waals surface area contributed by atoms with Gasteiger partial charge < -0.3 is 24.8 Å². The first-order valence-electron chi connectivity index (χ1n) is 15.8. The molecule has 252 valence electrons. The zero-order chi connectivity index (χ0) is 34.3. The summed E-state index contributed by atoms with van der Waals surface area (Å²) in [5.41, 5.74) is 4.45. The molecule has 0 radical (unpaired) electrons. The van der Waals surface area contributed by atoms with Crippen LogP contribution in [0.2, 0.25) is 5.02 Å². The van der Waals surface area contributed by atoms with Crippen LogP contribution in [0.5, 0.6) is 17.2 Å². The van der Waals surface area contributed by atoms with Gasteiger partial charge in [0.05, 0.1) is 24.5 Å². The van der Waals surface area contributed by atoms with Crippen molar-refractivity contribution in [3.63, 3.8) is 0 Å². The third-order valence-corrected chi connectivity index (χ3v) is 9.44. The fourth-order valence-corrected chi connectivity index (χ4v) is 7.03. The third kappa shape index (κ3) is 8.07. The molecule has 1 unspecified atom stereocenters. The Labute approximate surface area is 303 Å². The highest BCUT2D eigenvalue weighted by molar-refractivity contribution is 9.10. The van der Waals surface area contributed by atoms with E-state index in [1.54, 1.807) is 4.68 Å². The molecule has 1 aromatic heterocycles. The molecule has 4 aromatic carbocycles. The fourth-order valence-electron chi connectivity index (χ4n) is 5.46. The number of fused-ring (bicyclic) bond motifs is 1. The van der Waals surface area contributed by atoms with E-state index < -0.39 is 6.04 Å². The summed E-state index contributed by atoms with van der Waals surface area (Å²) in [5.74, 6) is 2.53. The number of nitrogens with one attached hydrogen (secondary N) is 2. The molecule has 0 bridgehead atoms. The lowest BCUT2D eigenvalue weighted by Crippen LogP contribution is -2.31. The number of allylic oxidation sites excluding steroid dienone is 1. The molecule has 0 aliphatic carbocycles. The summed E-state index contributed by atoms with van der Waals surface area (Å²) in [7, 11) is 0. The Balaban J connectivity index is 1.37. The van der Waals surface area contributed by atoms with Crippen LogP contribution in [0.15, 0.2) is 112 Å². The first-order chi connectivity index (χ1) is 23.8. The summed E-state index contributed by atoms with van der Waals surface area (Å²) in [6, 6.07) is 28.1. The van der Waals surface area contributed by atoms with Gasteiger partial charge in [0, 0.05) is 20.9 Å². The van der Waals surface area contributed by atoms with E-state index in [4.69, 9.17) is 35.9 Å². The Morgan fingerprint density at radius 3 is 2.51 bits per heavy atom. The highest BCUT2D eigenvalue weighted by atomic mass is 79.9. The van der Waals surface area contributed by atoms with Gasteiger partial charge in [-0.2, -0.15) is 4.98 Å². The van der Waals surface area contributed by atoms with E-state index in [-0.39, 0.29) is 5.91 Å². The van der Waals surface area contributed by atoms with Crippen molar-refractivity contribution in [3.05, 3.63) is 128 Å². The highest BCUT2D eigenvalue weighted by Crippen LogP contribution is 2.41. The minimum Gasteiger partial charge on any atom is -0.492 e. The van der Waals surface area contributed by atoms with Crippen LogP contribution in [0.4, 0.5) is 11.6 Å². The number of hydrogen-bond acceptors (Lipinski definition) is 8. The smallest absolute Gasteiger partial charge is 0.255 e. The number of hydrogen-bond donors (Lipinski definition) is 2. The van der Waals surface area contributed by atoms with Gasteiger partial charge >= 0.3 is 0 Å². The molecular formula is C37H35BrClN5O4S. The van der Waals surface area contributed by atoms with E-state index in [2.05, 4.69) is 26.6 Å². The fraction of sp³-hybridized carbons (Fsp3) is 0.216. The summed E-state index contributed by atoms with van der Waals surface area (Å²) in [6.07, 6.45) is 0. The number of anilines is 2. The van der Waals surface area contributed by atoms with Crippen molar-refractivity contribution < 1.29 is 19.0 Å². The monoisotopic (exact) mass is 759 g/mol. The lowest BCUT2D eigenvalue weighted by molar-refractivity contribution is -0.113. The maximum atomic E-state index is 14.2. The van der Waals surface area contributed by atoms with Gasteiger partial charge in [0.2, 0.25) is 11.1 Å². The average molecular weight is 761 g/mol. The number of thioether (sulfide) groups is 1. The lowest BCUT2D eigenvalue weighted by Gasteiger charge is -2.29. The largest absolute Gasteiger partial charge is 0.492 e. The summed E-state index contributed by atoms with van der Waals surface area (Å²) in [4.78, 5) is 19.0. The second kappa shape index (κ2) is 15.8. The standard InChI is InChI=1S/C37H35BrClN5O4S/c1-4-46-30-16-9-8-15-29(30)41-35(45)33-23(3)40-36-42-37(49-22-26-12-6-7-14-28(26)39)43-44(36)34(33)25-17-18-31(32(20-25)47-5-2)48-21-24-11-10-13-27(38)19-24/h6-20,34H,4-5,21-22H2,1-3H3,(H,41,45)(H,40,42,43). The van der Waals surface area contributed by atoms with Gasteiger partial charge in [-0.25, -0.2) is 4.68 Å². The van der Waals surface area contributed by atoms with Gasteiger partial charge in [-0.05, 0) is 79.9 Å². The molecule has 0 saturated carbocycles. The zero-order valence-corrected chi connectivity index (χ0v) is 30.4. The van der Waals surface area contributed by atoms with Gasteiger partial charge in [-0.3, -0.25) is 4.79 Å². The number of carbonyl (C=O) groups excluding carboxylic acids is 1. The van der Waals surface area contributed by atoms with Gasteiger partial charge in [0.15, 0.2) is 11.5 Å². The predicted octanol–water partition coefficient (Wildman–Crippen LogP) is 9.29. The first-order valence-corrected chi connectivity index (χ1v) is 18.0. The van der Waals surface area contributed by atoms with Crippen LogP contribution < -0.4 is 24.8 Å². The molecule has 0 fully saturated rings. The number of amides is 1. The molecule has 2 heterocycles. The van der Waals surface area contributed by atoms with Crippen molar-refractivity contribution >= 4 is 56.8 Å². The molecule has 9 nitrogen and oxygen atoms in total. The second-order valence-corrected chi connectivity index (χ2v) is 13.3. The minimum absolute atomic E-state index is 0.304. The Morgan fingerprint density at radius 2 is 1.71 bits per heavy atom. The van der Waals surface area contributed by atoms with E-state index in [9.17, 15) is 4.79 Å². The number of aromatic nitrogens is 3. The molecule has 1 aliphatic rings. The van der Waals surface area contributed by atoms with Crippen molar-refractivity contribution in [1.82, 2.24) is 14.8 Å². The van der Waals surface area contributed by atoms with Crippen LogP contribution >= 0.6 is 39.3 Å². The van der Waals surface area contributed by atoms with Crippen molar-refractivity contribution in [2.45, 2.75) is 44.3 Å². The minimum atomic E-state index is -0.643. The first kappa shape index (κ1) is 34.4. The molecule has 2 N–H and O–H groups in total. The molecule has 1 aliphatic heterocycles. The van der Waals surface area contributed by atoms with Crippen molar-refractivity contribution in [1.29, 1.82) is 0 Å². The van der Waals surface area contributed by atoms with Crippen LogP contribution in [-0.2, 0) is 17.2 Å². The Morgan fingerprint density at radius 1 is 0.939 bits per heavy atom. The van der Waals surface area contributed by atoms with Crippen LogP contribution in [0.1, 0.15) is 43.5 Å². The van der Waals surface area contributed by atoms with Crippen LogP contribution in [0.3, 0.4) is 0 Å². The summed E-state index contributed by atoms with van der Waals surface area (Å²) >= 11 is 11.4. The van der Waals surface area contributed by atoms with Crippen molar-refractivity contribution in [2.24, 2.45) is 0 Å². The van der Waals surface area contributed by atoms with E-state index in [1.807, 2.05) is 112 Å². The number of nitrogens with zero attached hydrogens (tertiary/aromatic N) is 3. The Hall–Kier alpha value is -4.45. The maximum absolute atomic E-state index is 14.2. The summed E-state index contributed by atoms with van der Waals surface area (Å²) in [6.45, 7) is 6.94. The SMILES string of the molecule is CCOc1ccccc1NC(=O)C1=C(C)Nc2nc(SCc3ccccc3Cl)nn2C1c1ccc(OCc2cccc(Br)c2)c(OCC)c1.